The van der Waals surface area contributed by atoms with Gasteiger partial charge in [-0.2, -0.15) is 9.78 Å². The van der Waals surface area contributed by atoms with E-state index in [1.54, 1.807) is 6.21 Å². The lowest BCUT2D eigenvalue weighted by Crippen LogP contribution is -2.22. The molecule has 2 heterocycles. The van der Waals surface area contributed by atoms with Gasteiger partial charge in [-0.15, -0.1) is 0 Å². The van der Waals surface area contributed by atoms with E-state index in [2.05, 4.69) is 84.5 Å². The van der Waals surface area contributed by atoms with Gasteiger partial charge in [-0.05, 0) is 81.6 Å². The van der Waals surface area contributed by atoms with Crippen LogP contribution < -0.4 is 5.56 Å². The summed E-state index contributed by atoms with van der Waals surface area (Å²) in [5, 5.41) is 5.20. The number of nitrogens with zero attached hydrogens (tertiary/aromatic N) is 4. The molecule has 4 aromatic rings. The van der Waals surface area contributed by atoms with E-state index < -0.39 is 0 Å². The second kappa shape index (κ2) is 9.48. The van der Waals surface area contributed by atoms with Gasteiger partial charge in [0.25, 0.3) is 5.56 Å². The molecule has 170 valence electrons. The van der Waals surface area contributed by atoms with Gasteiger partial charge in [0, 0.05) is 33.5 Å². The first-order valence-electron chi connectivity index (χ1n) is 11.3. The van der Waals surface area contributed by atoms with Crippen molar-refractivity contribution >= 4 is 33.0 Å². The second-order valence-electron chi connectivity index (χ2n) is 8.66. The van der Waals surface area contributed by atoms with Crippen molar-refractivity contribution in [2.45, 2.75) is 53.9 Å². The summed E-state index contributed by atoms with van der Waals surface area (Å²) in [6, 6.07) is 14.3. The first-order valence-corrected chi connectivity index (χ1v) is 12.1. The van der Waals surface area contributed by atoms with Crippen LogP contribution in [0.15, 0.2) is 56.8 Å². The molecule has 6 heteroatoms. The number of unbranched alkanes of at least 4 members (excludes halogenated alkanes) is 1. The summed E-state index contributed by atoms with van der Waals surface area (Å²) in [6.07, 6.45) is 4.46. The van der Waals surface area contributed by atoms with E-state index in [1.165, 1.54) is 15.8 Å². The molecule has 2 aromatic heterocycles. The Morgan fingerprint density at radius 2 is 1.76 bits per heavy atom. The van der Waals surface area contributed by atoms with Crippen LogP contribution in [0.4, 0.5) is 0 Å². The van der Waals surface area contributed by atoms with Crippen LogP contribution in [0, 0.1) is 27.7 Å². The molecule has 0 N–H and O–H groups in total. The van der Waals surface area contributed by atoms with Crippen LogP contribution in [-0.4, -0.2) is 20.4 Å². The molecule has 2 aromatic carbocycles. The predicted octanol–water partition coefficient (Wildman–Crippen LogP) is 6.41. The number of benzene rings is 2. The van der Waals surface area contributed by atoms with E-state index in [0.717, 1.165) is 40.0 Å². The summed E-state index contributed by atoms with van der Waals surface area (Å²) in [5.74, 6) is 0.691. The van der Waals surface area contributed by atoms with Crippen molar-refractivity contribution in [2.24, 2.45) is 5.10 Å². The maximum atomic E-state index is 13.3. The van der Waals surface area contributed by atoms with Gasteiger partial charge in [0.1, 0.15) is 5.82 Å². The third-order valence-corrected chi connectivity index (χ3v) is 6.37. The Bertz CT molecular complexity index is 1410. The van der Waals surface area contributed by atoms with Crippen LogP contribution in [0.2, 0.25) is 0 Å². The minimum atomic E-state index is -0.147. The van der Waals surface area contributed by atoms with Gasteiger partial charge < -0.3 is 4.57 Å². The fourth-order valence-electron chi connectivity index (χ4n) is 4.33. The summed E-state index contributed by atoms with van der Waals surface area (Å²) in [5.41, 5.74) is 7.34. The number of hydrogen-bond donors (Lipinski definition) is 0. The quantitative estimate of drug-likeness (QED) is 0.285. The third-order valence-electron chi connectivity index (χ3n) is 5.88. The van der Waals surface area contributed by atoms with E-state index in [-0.39, 0.29) is 5.56 Å². The number of aromatic nitrogens is 3. The molecule has 0 spiro atoms. The summed E-state index contributed by atoms with van der Waals surface area (Å²) < 4.78 is 4.55. The molecule has 0 atom stereocenters. The minimum Gasteiger partial charge on any atom is -0.318 e. The standard InChI is InChI=1S/C27H29BrN4O/c1-6-7-8-26-30-25-10-9-22(28)15-24(25)27(33)32(26)29-16-21-14-19(4)31(20(21)5)23-12-17(2)11-18(3)13-23/h9-16H,6-8H2,1-5H3. The Kier molecular flexibility index (Phi) is 6.66. The molecule has 0 aliphatic rings. The van der Waals surface area contributed by atoms with Crippen molar-refractivity contribution in [3.05, 3.63) is 91.2 Å². The van der Waals surface area contributed by atoms with Crippen LogP contribution in [0.3, 0.4) is 0 Å². The van der Waals surface area contributed by atoms with E-state index in [0.29, 0.717) is 23.1 Å². The molecule has 0 saturated heterocycles. The molecule has 0 radical (unpaired) electrons. The first kappa shape index (κ1) is 23.2. The van der Waals surface area contributed by atoms with E-state index in [9.17, 15) is 4.79 Å². The largest absolute Gasteiger partial charge is 0.318 e. The van der Waals surface area contributed by atoms with Crippen molar-refractivity contribution in [1.29, 1.82) is 0 Å². The summed E-state index contributed by atoms with van der Waals surface area (Å²) >= 11 is 3.46. The van der Waals surface area contributed by atoms with Crippen LogP contribution in [-0.2, 0) is 6.42 Å². The Balaban J connectivity index is 1.81. The molecule has 0 bridgehead atoms. The van der Waals surface area contributed by atoms with Gasteiger partial charge in [-0.25, -0.2) is 4.98 Å². The number of fused-ring (bicyclic) bond motifs is 1. The van der Waals surface area contributed by atoms with Crippen molar-refractivity contribution < 1.29 is 0 Å². The topological polar surface area (TPSA) is 52.2 Å². The average Bonchev–Trinajstić information content (AvgIpc) is 3.04. The third kappa shape index (κ3) is 4.71. The zero-order valence-electron chi connectivity index (χ0n) is 19.8. The Hall–Kier alpha value is -2.99. The maximum Gasteiger partial charge on any atom is 0.282 e. The summed E-state index contributed by atoms with van der Waals surface area (Å²) in [4.78, 5) is 18.1. The minimum absolute atomic E-state index is 0.147. The number of hydrogen-bond acceptors (Lipinski definition) is 3. The van der Waals surface area contributed by atoms with Crippen LogP contribution in [0.1, 0.15) is 53.7 Å². The molecule has 0 aliphatic carbocycles. The van der Waals surface area contributed by atoms with E-state index in [4.69, 9.17) is 4.98 Å². The zero-order valence-corrected chi connectivity index (χ0v) is 21.4. The highest BCUT2D eigenvalue weighted by molar-refractivity contribution is 9.10. The number of halogens is 1. The van der Waals surface area contributed by atoms with Crippen molar-refractivity contribution in [3.8, 4) is 5.69 Å². The fourth-order valence-corrected chi connectivity index (χ4v) is 4.69. The molecule has 0 fully saturated rings. The Labute approximate surface area is 202 Å². The molecular formula is C27H29BrN4O. The molecule has 33 heavy (non-hydrogen) atoms. The van der Waals surface area contributed by atoms with Gasteiger partial charge in [-0.3, -0.25) is 4.79 Å². The number of aryl methyl sites for hydroxylation is 4. The Morgan fingerprint density at radius 1 is 1.03 bits per heavy atom. The SMILES string of the molecule is CCCCc1nc2ccc(Br)cc2c(=O)n1N=Cc1cc(C)n(-c2cc(C)cc(C)c2)c1C. The van der Waals surface area contributed by atoms with Gasteiger partial charge >= 0.3 is 0 Å². The Morgan fingerprint density at radius 3 is 2.45 bits per heavy atom. The lowest BCUT2D eigenvalue weighted by molar-refractivity contribution is 0.675. The van der Waals surface area contributed by atoms with Gasteiger partial charge in [0.15, 0.2) is 0 Å². The van der Waals surface area contributed by atoms with Crippen LogP contribution in [0.25, 0.3) is 16.6 Å². The smallest absolute Gasteiger partial charge is 0.282 e. The van der Waals surface area contributed by atoms with Crippen LogP contribution >= 0.6 is 15.9 Å². The van der Waals surface area contributed by atoms with Crippen LogP contribution in [0.5, 0.6) is 0 Å². The highest BCUT2D eigenvalue weighted by Gasteiger charge is 2.13. The van der Waals surface area contributed by atoms with E-state index >= 15 is 0 Å². The highest BCUT2D eigenvalue weighted by atomic mass is 79.9. The predicted molar refractivity (Wildman–Crippen MR) is 140 cm³/mol. The first-order chi connectivity index (χ1) is 15.8. The van der Waals surface area contributed by atoms with Crippen molar-refractivity contribution in [1.82, 2.24) is 14.2 Å². The molecule has 0 aliphatic heterocycles. The zero-order chi connectivity index (χ0) is 23.7. The second-order valence-corrected chi connectivity index (χ2v) is 9.58. The summed E-state index contributed by atoms with van der Waals surface area (Å²) in [6.45, 7) is 10.5. The molecule has 0 amide bonds. The fraction of sp³-hybridized carbons (Fsp3) is 0.296. The van der Waals surface area contributed by atoms with Gasteiger partial charge in [0.2, 0.25) is 0 Å². The van der Waals surface area contributed by atoms with Gasteiger partial charge in [0.05, 0.1) is 17.1 Å². The summed E-state index contributed by atoms with van der Waals surface area (Å²) in [7, 11) is 0. The lowest BCUT2D eigenvalue weighted by atomic mass is 10.1. The average molecular weight is 505 g/mol. The van der Waals surface area contributed by atoms with Gasteiger partial charge in [-0.1, -0.05) is 35.3 Å². The maximum absolute atomic E-state index is 13.3. The lowest BCUT2D eigenvalue weighted by Gasteiger charge is -2.12. The normalized spacial score (nSPS) is 11.7. The van der Waals surface area contributed by atoms with Crippen molar-refractivity contribution in [2.75, 3.05) is 0 Å². The number of rotatable bonds is 6. The molecule has 0 unspecified atom stereocenters. The molecular weight excluding hydrogens is 476 g/mol. The molecule has 0 saturated carbocycles. The monoisotopic (exact) mass is 504 g/mol. The highest BCUT2D eigenvalue weighted by Crippen LogP contribution is 2.22. The molecule has 4 rings (SSSR count). The van der Waals surface area contributed by atoms with E-state index in [1.807, 2.05) is 18.2 Å². The molecule has 5 nitrogen and oxygen atoms in total. The van der Waals surface area contributed by atoms with Crippen molar-refractivity contribution in [3.63, 3.8) is 0 Å².